The smallest absolute Gasteiger partial charge is 0.256 e. The molecule has 0 N–H and O–H groups in total. The summed E-state index contributed by atoms with van der Waals surface area (Å²) in [6, 6.07) is 123. The Morgan fingerprint density at radius 2 is 0.823 bits per heavy atom. The molecule has 96 heavy (non-hydrogen) atoms. The molecule has 0 radical (unpaired) electrons. The molecule has 4 heterocycles. The van der Waals surface area contributed by atoms with E-state index < -0.39 is 0 Å². The van der Waals surface area contributed by atoms with Crippen LogP contribution in [0.25, 0.3) is 33.4 Å². The molecule has 0 aliphatic carbocycles. The van der Waals surface area contributed by atoms with E-state index in [0.717, 1.165) is 107 Å². The van der Waals surface area contributed by atoms with Gasteiger partial charge in [-0.05, 0) is 158 Å². The quantitative estimate of drug-likeness (QED) is 0.120. The second-order valence-electron chi connectivity index (χ2n) is 26.4. The normalized spacial score (nSPS) is 12.9. The lowest BCUT2D eigenvalue weighted by Crippen LogP contribution is -2.63. The Bertz CT molecular complexity index is 5260. The molecule has 14 aromatic carbocycles. The van der Waals surface area contributed by atoms with E-state index in [0.29, 0.717) is 0 Å². The van der Waals surface area contributed by atoms with E-state index in [1.54, 1.807) is 0 Å². The van der Waals surface area contributed by atoms with Crippen LogP contribution in [0.1, 0.15) is 26.3 Å². The Morgan fingerprint density at radius 3 is 1.51 bits per heavy atom. The first-order valence-electron chi connectivity index (χ1n) is 33.2. The SMILES string of the molecule is CC(C)(C)c1ccc(-c2ccccc2N2c3cc4c(cc3B3c5ccccc5Oc5cc(N(c6ccc(-c7ccccc7)cc6)c6ccccc6-c6ccccc6)cc2c53)B2c3ccccc3N(c3ccccc3)c3cc(N(c5ccccc5)c5ccccc5)cc(c32)S4)cc1. The van der Waals surface area contributed by atoms with Crippen molar-refractivity contribution in [3.8, 4) is 44.9 Å². The van der Waals surface area contributed by atoms with E-state index in [9.17, 15) is 0 Å². The van der Waals surface area contributed by atoms with Crippen LogP contribution in [0.2, 0.25) is 0 Å². The zero-order valence-electron chi connectivity index (χ0n) is 53.5. The highest BCUT2D eigenvalue weighted by Gasteiger charge is 2.47. The molecule has 0 fully saturated rings. The van der Waals surface area contributed by atoms with Gasteiger partial charge in [0.05, 0.1) is 17.1 Å². The fourth-order valence-electron chi connectivity index (χ4n) is 15.3. The average Bonchev–Trinajstić information content (AvgIpc) is 0.704. The van der Waals surface area contributed by atoms with Gasteiger partial charge in [0.1, 0.15) is 11.5 Å². The number of rotatable bonds is 11. The third-order valence-electron chi connectivity index (χ3n) is 19.7. The van der Waals surface area contributed by atoms with Gasteiger partial charge in [-0.1, -0.05) is 269 Å². The molecule has 18 rings (SSSR count). The van der Waals surface area contributed by atoms with Gasteiger partial charge in [0.2, 0.25) is 6.71 Å². The van der Waals surface area contributed by atoms with E-state index in [2.05, 4.69) is 374 Å². The maximum atomic E-state index is 7.49. The molecular formula is C88H64B2N4OS. The predicted molar refractivity (Wildman–Crippen MR) is 407 cm³/mol. The molecule has 0 aromatic heterocycles. The molecule has 4 aliphatic rings. The van der Waals surface area contributed by atoms with Gasteiger partial charge in [0, 0.05) is 78.2 Å². The minimum Gasteiger partial charge on any atom is -0.458 e. The van der Waals surface area contributed by atoms with Crippen molar-refractivity contribution in [1.82, 2.24) is 0 Å². The summed E-state index contributed by atoms with van der Waals surface area (Å²) in [5.41, 5.74) is 28.6. The highest BCUT2D eigenvalue weighted by molar-refractivity contribution is 8.00. The standard InChI is InChI=1S/C88H64B2N4OS/c1-88(2,3)63-49-45-62(46-50-63)71-38-20-24-42-77(71)94-79-58-84-75(89-72-39-21-25-43-78(72)93(66-35-17-8-18-36-66)81-54-69(56-85(96-84)87(81)89)91(64-31-13-6-14-32-64)65-33-15-7-16-34-65)57-74(79)90-73-40-22-26-44-82(73)95-83-55-68(53-80(94)86(83)90)92(67-51-47-60(48-52-67)59-27-9-4-10-28-59)76-41-23-19-37-70(76)61-29-11-5-12-30-61/h4-58H,1-3H3. The highest BCUT2D eigenvalue weighted by Crippen LogP contribution is 2.52. The summed E-state index contributed by atoms with van der Waals surface area (Å²) in [5.74, 6) is 1.68. The number of hydrogen-bond acceptors (Lipinski definition) is 6. The Kier molecular flexibility index (Phi) is 13.9. The largest absolute Gasteiger partial charge is 0.458 e. The first-order chi connectivity index (χ1) is 47.3. The summed E-state index contributed by atoms with van der Waals surface area (Å²) >= 11 is 1.90. The zero-order valence-corrected chi connectivity index (χ0v) is 54.3. The number of para-hydroxylation sites is 7. The lowest BCUT2D eigenvalue weighted by atomic mass is 9.31. The van der Waals surface area contributed by atoms with E-state index in [-0.39, 0.29) is 18.8 Å². The van der Waals surface area contributed by atoms with Gasteiger partial charge < -0.3 is 24.3 Å². The van der Waals surface area contributed by atoms with Crippen molar-refractivity contribution < 1.29 is 4.74 Å². The Balaban J connectivity index is 0.909. The lowest BCUT2D eigenvalue weighted by molar-refractivity contribution is 0.487. The van der Waals surface area contributed by atoms with Gasteiger partial charge in [0.15, 0.2) is 0 Å². The van der Waals surface area contributed by atoms with E-state index in [1.165, 1.54) is 54.1 Å². The van der Waals surface area contributed by atoms with Crippen molar-refractivity contribution in [2.45, 2.75) is 36.0 Å². The molecule has 0 saturated carbocycles. The first kappa shape index (κ1) is 57.2. The molecule has 4 aliphatic heterocycles. The molecule has 8 heteroatoms. The molecule has 0 unspecified atom stereocenters. The molecule has 0 amide bonds. The Morgan fingerprint density at radius 1 is 0.312 bits per heavy atom. The molecular weight excluding hydrogens is 1180 g/mol. The summed E-state index contributed by atoms with van der Waals surface area (Å²) < 4.78 is 7.49. The van der Waals surface area contributed by atoms with Crippen LogP contribution < -0.4 is 57.1 Å². The van der Waals surface area contributed by atoms with Gasteiger partial charge in [-0.3, -0.25) is 0 Å². The van der Waals surface area contributed by atoms with Crippen molar-refractivity contribution in [3.63, 3.8) is 0 Å². The van der Waals surface area contributed by atoms with Crippen molar-refractivity contribution >= 4 is 126 Å². The second-order valence-corrected chi connectivity index (χ2v) is 27.4. The maximum absolute atomic E-state index is 7.49. The summed E-state index contributed by atoms with van der Waals surface area (Å²) in [6.07, 6.45) is 0. The summed E-state index contributed by atoms with van der Waals surface area (Å²) in [7, 11) is 0. The van der Waals surface area contributed by atoms with Crippen LogP contribution >= 0.6 is 11.8 Å². The van der Waals surface area contributed by atoms with Crippen molar-refractivity contribution in [1.29, 1.82) is 0 Å². The Hall–Kier alpha value is -11.4. The van der Waals surface area contributed by atoms with Crippen LogP contribution in [0.15, 0.2) is 343 Å². The number of nitrogens with zero attached hydrogens (tertiary/aromatic N) is 4. The van der Waals surface area contributed by atoms with Crippen LogP contribution in [0, 0.1) is 0 Å². The minimum absolute atomic E-state index is 0.0154. The van der Waals surface area contributed by atoms with E-state index in [1.807, 2.05) is 11.8 Å². The predicted octanol–water partition coefficient (Wildman–Crippen LogP) is 20.1. The number of anilines is 12. The minimum atomic E-state index is -0.197. The van der Waals surface area contributed by atoms with Crippen molar-refractivity contribution in [2.24, 2.45) is 0 Å². The molecule has 0 spiro atoms. The third-order valence-corrected chi connectivity index (χ3v) is 20.8. The molecule has 0 bridgehead atoms. The lowest BCUT2D eigenvalue weighted by Gasteiger charge is -2.44. The third kappa shape index (κ3) is 9.65. The number of hydrogen-bond donors (Lipinski definition) is 0. The van der Waals surface area contributed by atoms with Gasteiger partial charge >= 0.3 is 0 Å². The van der Waals surface area contributed by atoms with Gasteiger partial charge in [0.25, 0.3) is 6.71 Å². The van der Waals surface area contributed by atoms with Gasteiger partial charge in [-0.15, -0.1) is 0 Å². The Labute approximate surface area is 567 Å². The molecule has 0 atom stereocenters. The van der Waals surface area contributed by atoms with Crippen LogP contribution in [0.3, 0.4) is 0 Å². The number of benzene rings is 14. The van der Waals surface area contributed by atoms with E-state index in [4.69, 9.17) is 4.74 Å². The van der Waals surface area contributed by atoms with Crippen LogP contribution in [0.4, 0.5) is 68.2 Å². The second kappa shape index (κ2) is 23.2. The number of ether oxygens (including phenoxy) is 1. The van der Waals surface area contributed by atoms with Gasteiger partial charge in [-0.25, -0.2) is 0 Å². The molecule has 5 nitrogen and oxygen atoms in total. The topological polar surface area (TPSA) is 22.2 Å². The van der Waals surface area contributed by atoms with Crippen molar-refractivity contribution in [2.75, 3.05) is 19.6 Å². The summed E-state index contributed by atoms with van der Waals surface area (Å²) in [6.45, 7) is 6.57. The maximum Gasteiger partial charge on any atom is 0.256 e. The molecule has 454 valence electrons. The van der Waals surface area contributed by atoms with Crippen LogP contribution in [0.5, 0.6) is 11.5 Å². The zero-order chi connectivity index (χ0) is 64.0. The van der Waals surface area contributed by atoms with E-state index >= 15 is 0 Å². The highest BCUT2D eigenvalue weighted by atomic mass is 32.2. The van der Waals surface area contributed by atoms with Crippen LogP contribution in [-0.2, 0) is 5.41 Å². The fraction of sp³-hybridized carbons (Fsp3) is 0.0455. The summed E-state index contributed by atoms with van der Waals surface area (Å²) in [5, 5.41) is 0. The van der Waals surface area contributed by atoms with Crippen molar-refractivity contribution in [3.05, 3.63) is 339 Å². The average molecular weight is 1250 g/mol. The summed E-state index contributed by atoms with van der Waals surface area (Å²) in [4.78, 5) is 12.4. The monoisotopic (exact) mass is 1250 g/mol. The van der Waals surface area contributed by atoms with Gasteiger partial charge in [-0.2, -0.15) is 0 Å². The fourth-order valence-corrected chi connectivity index (χ4v) is 16.5. The first-order valence-corrected chi connectivity index (χ1v) is 34.0. The molecule has 0 saturated heterocycles. The molecule has 14 aromatic rings. The number of fused-ring (bicyclic) bond motifs is 8. The van der Waals surface area contributed by atoms with Crippen LogP contribution in [-0.4, -0.2) is 13.4 Å².